The van der Waals surface area contributed by atoms with Gasteiger partial charge in [0.25, 0.3) is 5.91 Å². The van der Waals surface area contributed by atoms with Crippen molar-refractivity contribution in [2.24, 2.45) is 0 Å². The van der Waals surface area contributed by atoms with Gasteiger partial charge in [0.15, 0.2) is 0 Å². The monoisotopic (exact) mass is 551 g/mol. The minimum Gasteiger partial charge on any atom is -0.390 e. The van der Waals surface area contributed by atoms with Crippen LogP contribution in [0.25, 0.3) is 5.69 Å². The molecule has 1 saturated heterocycles. The number of halogens is 3. The molecule has 0 aliphatic carbocycles. The first-order valence-electron chi connectivity index (χ1n) is 12.1. The van der Waals surface area contributed by atoms with Gasteiger partial charge in [0.1, 0.15) is 17.3 Å². The number of nitrogens with one attached hydrogen (secondary N) is 1. The molecule has 1 unspecified atom stereocenters. The Bertz CT molecular complexity index is 1190. The molecule has 1 aliphatic heterocycles. The van der Waals surface area contributed by atoms with E-state index < -0.39 is 6.10 Å². The number of piperazine rings is 1. The molecule has 4 rings (SSSR count). The average molecular weight is 553 g/mol. The van der Waals surface area contributed by atoms with E-state index in [0.717, 1.165) is 31.9 Å². The lowest BCUT2D eigenvalue weighted by molar-refractivity contribution is 0.0847. The Morgan fingerprint density at radius 1 is 1.03 bits per heavy atom. The van der Waals surface area contributed by atoms with Crippen molar-refractivity contribution in [2.75, 3.05) is 44.2 Å². The van der Waals surface area contributed by atoms with E-state index in [9.17, 15) is 14.3 Å². The summed E-state index contributed by atoms with van der Waals surface area (Å²) >= 11 is 0. The highest BCUT2D eigenvalue weighted by Crippen LogP contribution is 2.24. The Kier molecular flexibility index (Phi) is 10.9. The van der Waals surface area contributed by atoms with Crippen molar-refractivity contribution in [1.29, 1.82) is 0 Å². The van der Waals surface area contributed by atoms with Crippen LogP contribution in [0.5, 0.6) is 0 Å². The normalized spacial score (nSPS) is 14.5. The number of aliphatic hydroxyl groups is 1. The minimum absolute atomic E-state index is 0. The summed E-state index contributed by atoms with van der Waals surface area (Å²) in [6, 6.07) is 12.5. The highest BCUT2D eigenvalue weighted by Gasteiger charge is 2.22. The standard InChI is InChI=1S/C27H34FN5O2.2ClH/c1-18-6-5-7-25(19(18)2)32-14-12-31(13-15-32)17-24(34)16-29-27(35)26-20(3)33(21(4)30-26)23-10-8-22(28)9-11-23;;/h5-11,24,34H,12-17H2,1-4H3,(H,29,35);2*1H. The van der Waals surface area contributed by atoms with Crippen LogP contribution >= 0.6 is 24.8 Å². The molecule has 10 heteroatoms. The summed E-state index contributed by atoms with van der Waals surface area (Å²) in [5, 5.41) is 13.4. The number of aryl methyl sites for hydroxylation is 2. The van der Waals surface area contributed by atoms with Crippen molar-refractivity contribution in [2.45, 2.75) is 33.8 Å². The zero-order valence-corrected chi connectivity index (χ0v) is 23.3. The van der Waals surface area contributed by atoms with E-state index in [1.807, 2.05) is 11.5 Å². The lowest BCUT2D eigenvalue weighted by atomic mass is 10.1. The number of anilines is 1. The SMILES string of the molecule is Cc1cccc(N2CCN(CC(O)CNC(=O)c3nc(C)n(-c4ccc(F)cc4)c3C)CC2)c1C.Cl.Cl. The molecule has 3 aromatic rings. The molecule has 0 radical (unpaired) electrons. The van der Waals surface area contributed by atoms with Gasteiger partial charge in [-0.2, -0.15) is 0 Å². The number of hydrogen-bond donors (Lipinski definition) is 2. The van der Waals surface area contributed by atoms with E-state index >= 15 is 0 Å². The maximum Gasteiger partial charge on any atom is 0.271 e. The number of aliphatic hydroxyl groups excluding tert-OH is 1. The van der Waals surface area contributed by atoms with Gasteiger partial charge in [-0.3, -0.25) is 9.69 Å². The lowest BCUT2D eigenvalue weighted by Crippen LogP contribution is -2.50. The summed E-state index contributed by atoms with van der Waals surface area (Å²) in [4.78, 5) is 21.8. The van der Waals surface area contributed by atoms with Crippen LogP contribution in [-0.2, 0) is 0 Å². The molecular formula is C27H36Cl2FN5O2. The summed E-state index contributed by atoms with van der Waals surface area (Å²) < 4.78 is 15.1. The molecule has 37 heavy (non-hydrogen) atoms. The number of nitrogens with zero attached hydrogens (tertiary/aromatic N) is 4. The number of rotatable bonds is 7. The Balaban J connectivity index is 0.00000241. The summed E-state index contributed by atoms with van der Waals surface area (Å²) in [5.41, 5.74) is 5.61. The van der Waals surface area contributed by atoms with Crippen LogP contribution in [0, 0.1) is 33.5 Å². The van der Waals surface area contributed by atoms with E-state index in [4.69, 9.17) is 0 Å². The average Bonchev–Trinajstić information content (AvgIpc) is 3.14. The Morgan fingerprint density at radius 3 is 2.32 bits per heavy atom. The van der Waals surface area contributed by atoms with Crippen molar-refractivity contribution in [1.82, 2.24) is 19.8 Å². The number of carbonyl (C=O) groups excluding carboxylic acids is 1. The van der Waals surface area contributed by atoms with Crippen molar-refractivity contribution < 1.29 is 14.3 Å². The van der Waals surface area contributed by atoms with Crippen LogP contribution in [0.1, 0.15) is 33.1 Å². The zero-order valence-electron chi connectivity index (χ0n) is 21.7. The Labute approximate surface area is 230 Å². The first kappa shape index (κ1) is 30.6. The Morgan fingerprint density at radius 2 is 1.68 bits per heavy atom. The van der Waals surface area contributed by atoms with Gasteiger partial charge in [-0.15, -0.1) is 24.8 Å². The van der Waals surface area contributed by atoms with Gasteiger partial charge in [-0.05, 0) is 69.2 Å². The molecule has 0 bridgehead atoms. The number of carbonyl (C=O) groups is 1. The van der Waals surface area contributed by atoms with Gasteiger partial charge in [-0.1, -0.05) is 12.1 Å². The van der Waals surface area contributed by atoms with Gasteiger partial charge in [0, 0.05) is 50.6 Å². The van der Waals surface area contributed by atoms with Gasteiger partial charge in [0.05, 0.1) is 11.8 Å². The number of aromatic nitrogens is 2. The first-order valence-corrected chi connectivity index (χ1v) is 12.1. The number of amides is 1. The summed E-state index contributed by atoms with van der Waals surface area (Å²) in [7, 11) is 0. The quantitative estimate of drug-likeness (QED) is 0.464. The van der Waals surface area contributed by atoms with Gasteiger partial charge >= 0.3 is 0 Å². The van der Waals surface area contributed by atoms with Gasteiger partial charge < -0.3 is 19.9 Å². The number of hydrogen-bond acceptors (Lipinski definition) is 5. The van der Waals surface area contributed by atoms with Crippen molar-refractivity contribution in [3.8, 4) is 5.69 Å². The molecule has 1 aliphatic rings. The highest BCUT2D eigenvalue weighted by molar-refractivity contribution is 5.93. The molecule has 2 N–H and O–H groups in total. The molecule has 7 nitrogen and oxygen atoms in total. The highest BCUT2D eigenvalue weighted by atomic mass is 35.5. The van der Waals surface area contributed by atoms with E-state index in [1.165, 1.54) is 28.9 Å². The molecule has 2 heterocycles. The fourth-order valence-corrected chi connectivity index (χ4v) is 4.73. The number of β-amino-alcohol motifs (C(OH)–C–C–N with tert-alkyl or cyclic N) is 1. The topological polar surface area (TPSA) is 73.6 Å². The van der Waals surface area contributed by atoms with Crippen molar-refractivity contribution in [3.05, 3.63) is 76.6 Å². The maximum absolute atomic E-state index is 13.3. The second-order valence-electron chi connectivity index (χ2n) is 9.28. The van der Waals surface area contributed by atoms with Crippen LogP contribution < -0.4 is 10.2 Å². The van der Waals surface area contributed by atoms with Crippen LogP contribution in [0.3, 0.4) is 0 Å². The largest absolute Gasteiger partial charge is 0.390 e. The molecule has 2 aromatic carbocycles. The number of imidazole rings is 1. The van der Waals surface area contributed by atoms with Gasteiger partial charge in [0.2, 0.25) is 0 Å². The summed E-state index contributed by atoms with van der Waals surface area (Å²) in [5.74, 6) is -0.00501. The maximum atomic E-state index is 13.3. The zero-order chi connectivity index (χ0) is 25.1. The Hall–Kier alpha value is -2.65. The molecule has 0 spiro atoms. The summed E-state index contributed by atoms with van der Waals surface area (Å²) in [6.07, 6.45) is -0.674. The third-order valence-electron chi connectivity index (χ3n) is 6.83. The molecule has 202 valence electrons. The van der Waals surface area contributed by atoms with E-state index in [2.05, 4.69) is 52.1 Å². The molecule has 1 atom stereocenters. The van der Waals surface area contributed by atoms with Crippen LogP contribution in [-0.4, -0.2) is 70.8 Å². The second-order valence-corrected chi connectivity index (χ2v) is 9.28. The molecule has 1 amide bonds. The summed E-state index contributed by atoms with van der Waals surface area (Å²) in [6.45, 7) is 12.1. The fraction of sp³-hybridized carbons (Fsp3) is 0.407. The predicted molar refractivity (Wildman–Crippen MR) is 150 cm³/mol. The predicted octanol–water partition coefficient (Wildman–Crippen LogP) is 4.00. The molecule has 0 saturated carbocycles. The van der Waals surface area contributed by atoms with E-state index in [0.29, 0.717) is 23.8 Å². The first-order chi connectivity index (χ1) is 16.7. The number of benzene rings is 2. The second kappa shape index (κ2) is 13.2. The van der Waals surface area contributed by atoms with Crippen LogP contribution in [0.4, 0.5) is 10.1 Å². The lowest BCUT2D eigenvalue weighted by Gasteiger charge is -2.37. The van der Waals surface area contributed by atoms with Crippen molar-refractivity contribution >= 4 is 36.4 Å². The van der Waals surface area contributed by atoms with Crippen LogP contribution in [0.15, 0.2) is 42.5 Å². The molecular weight excluding hydrogens is 516 g/mol. The van der Waals surface area contributed by atoms with E-state index in [1.54, 1.807) is 19.1 Å². The molecule has 1 fully saturated rings. The van der Waals surface area contributed by atoms with Crippen LogP contribution in [0.2, 0.25) is 0 Å². The third-order valence-corrected chi connectivity index (χ3v) is 6.83. The smallest absolute Gasteiger partial charge is 0.271 e. The van der Waals surface area contributed by atoms with E-state index in [-0.39, 0.29) is 43.1 Å². The van der Waals surface area contributed by atoms with Gasteiger partial charge in [-0.25, -0.2) is 9.37 Å². The fourth-order valence-electron chi connectivity index (χ4n) is 4.73. The minimum atomic E-state index is -0.674. The molecule has 1 aromatic heterocycles. The van der Waals surface area contributed by atoms with Crippen molar-refractivity contribution in [3.63, 3.8) is 0 Å². The third kappa shape index (κ3) is 7.02.